The largest absolute Gasteiger partial charge is 0.131 e. The van der Waals surface area contributed by atoms with Crippen molar-refractivity contribution in [3.05, 3.63) is 47.3 Å². The molecule has 0 saturated carbocycles. The van der Waals surface area contributed by atoms with Gasteiger partial charge in [-0.1, -0.05) is 24.3 Å². The third-order valence-electron chi connectivity index (χ3n) is 1.47. The summed E-state index contributed by atoms with van der Waals surface area (Å²) >= 11 is 0. The van der Waals surface area contributed by atoms with Gasteiger partial charge >= 0.3 is 0 Å². The van der Waals surface area contributed by atoms with Crippen molar-refractivity contribution in [2.24, 2.45) is 0 Å². The molecule has 1 heterocycles. The molecule has 10 heavy (non-hydrogen) atoms. The molecule has 1 aliphatic heterocycles. The Morgan fingerprint density at radius 1 is 0.800 bits per heavy atom. The Hall–Kier alpha value is -0.820. The van der Waals surface area contributed by atoms with Crippen LogP contribution in [0.15, 0.2) is 47.3 Å². The predicted octanol–water partition coefficient (Wildman–Crippen LogP) is 2.59. The molecule has 0 radical (unpaired) electrons. The average molecular weight is 148 g/mol. The normalized spacial score (nSPS) is 21.8. The van der Waals surface area contributed by atoms with E-state index in [-0.39, 0.29) is 10.5 Å². The third kappa shape index (κ3) is 0.929. The SMILES string of the molecule is C1=CC(=S2C=CC=C2)C=C1. The molecule has 0 spiro atoms. The summed E-state index contributed by atoms with van der Waals surface area (Å²) in [7, 11) is 0.279. The first-order valence-electron chi connectivity index (χ1n) is 3.25. The van der Waals surface area contributed by atoms with Gasteiger partial charge in [0.1, 0.15) is 0 Å². The van der Waals surface area contributed by atoms with E-state index >= 15 is 0 Å². The van der Waals surface area contributed by atoms with Crippen molar-refractivity contribution >= 4 is 15.3 Å². The van der Waals surface area contributed by atoms with Gasteiger partial charge in [0, 0.05) is 4.86 Å². The molecule has 0 unspecified atom stereocenters. The van der Waals surface area contributed by atoms with Gasteiger partial charge in [-0.15, -0.1) is 10.5 Å². The zero-order valence-corrected chi connectivity index (χ0v) is 6.34. The molecule has 1 heteroatoms. The molecule has 0 atom stereocenters. The Balaban J connectivity index is 2.46. The van der Waals surface area contributed by atoms with E-state index in [0.29, 0.717) is 0 Å². The van der Waals surface area contributed by atoms with Crippen molar-refractivity contribution in [3.8, 4) is 0 Å². The lowest BCUT2D eigenvalue weighted by atomic mass is 10.5. The molecular weight excluding hydrogens is 140 g/mol. The molecule has 0 amide bonds. The van der Waals surface area contributed by atoms with Gasteiger partial charge < -0.3 is 0 Å². The second-order valence-corrected chi connectivity index (χ2v) is 3.91. The Labute approximate surface area is 63.2 Å². The third-order valence-corrected chi connectivity index (χ3v) is 3.18. The van der Waals surface area contributed by atoms with E-state index in [2.05, 4.69) is 47.3 Å². The van der Waals surface area contributed by atoms with Crippen molar-refractivity contribution in [2.75, 3.05) is 0 Å². The van der Waals surface area contributed by atoms with Gasteiger partial charge in [0.25, 0.3) is 0 Å². The maximum Gasteiger partial charge on any atom is 0.00562 e. The standard InChI is InChI=1S/C9H8S/c1-2-6-9(5-1)10-7-3-4-8-10/h1-8H. The minimum Gasteiger partial charge on any atom is -0.131 e. The van der Waals surface area contributed by atoms with E-state index in [1.165, 1.54) is 4.86 Å². The van der Waals surface area contributed by atoms with Gasteiger partial charge in [-0.05, 0) is 23.0 Å². The second-order valence-electron chi connectivity index (χ2n) is 2.15. The maximum atomic E-state index is 2.23. The van der Waals surface area contributed by atoms with Gasteiger partial charge in [0.2, 0.25) is 0 Å². The molecule has 0 saturated heterocycles. The van der Waals surface area contributed by atoms with Gasteiger partial charge in [0.05, 0.1) is 0 Å². The summed E-state index contributed by atoms with van der Waals surface area (Å²) in [6.07, 6.45) is 12.7. The first-order valence-corrected chi connectivity index (χ1v) is 4.60. The Bertz CT molecular complexity index is 230. The number of hydrogen-bond acceptors (Lipinski definition) is 0. The molecular formula is C9H8S. The molecule has 0 aromatic carbocycles. The van der Waals surface area contributed by atoms with E-state index in [4.69, 9.17) is 0 Å². The van der Waals surface area contributed by atoms with E-state index in [1.807, 2.05) is 0 Å². The first-order chi connectivity index (χ1) is 4.97. The van der Waals surface area contributed by atoms with Gasteiger partial charge in [-0.3, -0.25) is 0 Å². The van der Waals surface area contributed by atoms with Crippen LogP contribution in [0.3, 0.4) is 0 Å². The number of rotatable bonds is 0. The quantitative estimate of drug-likeness (QED) is 0.463. The smallest absolute Gasteiger partial charge is 0.00562 e. The lowest BCUT2D eigenvalue weighted by Crippen LogP contribution is -1.79. The average Bonchev–Trinajstić information content (AvgIpc) is 2.59. The zero-order chi connectivity index (χ0) is 6.81. The molecule has 0 N–H and O–H groups in total. The second kappa shape index (κ2) is 2.43. The summed E-state index contributed by atoms with van der Waals surface area (Å²) in [5, 5.41) is 4.46. The van der Waals surface area contributed by atoms with Crippen LogP contribution in [0.2, 0.25) is 0 Å². The van der Waals surface area contributed by atoms with Crippen LogP contribution in [-0.4, -0.2) is 4.86 Å². The van der Waals surface area contributed by atoms with Crippen LogP contribution in [0.5, 0.6) is 0 Å². The topological polar surface area (TPSA) is 0 Å². The Morgan fingerprint density at radius 2 is 1.40 bits per heavy atom. The zero-order valence-electron chi connectivity index (χ0n) is 5.53. The van der Waals surface area contributed by atoms with Gasteiger partial charge in [0.15, 0.2) is 0 Å². The van der Waals surface area contributed by atoms with Gasteiger partial charge in [-0.25, -0.2) is 0 Å². The van der Waals surface area contributed by atoms with E-state index < -0.39 is 0 Å². The molecule has 0 fully saturated rings. The van der Waals surface area contributed by atoms with Crippen molar-refractivity contribution in [2.45, 2.75) is 0 Å². The van der Waals surface area contributed by atoms with Crippen molar-refractivity contribution in [1.82, 2.24) is 0 Å². The molecule has 0 bridgehead atoms. The Morgan fingerprint density at radius 3 is 2.00 bits per heavy atom. The monoisotopic (exact) mass is 148 g/mol. The molecule has 50 valence electrons. The number of allylic oxidation sites excluding steroid dienone is 6. The van der Waals surface area contributed by atoms with Crippen LogP contribution in [0, 0.1) is 0 Å². The highest BCUT2D eigenvalue weighted by Gasteiger charge is 1.97. The van der Waals surface area contributed by atoms with Crippen LogP contribution < -0.4 is 0 Å². The summed E-state index contributed by atoms with van der Waals surface area (Å²) in [6, 6.07) is 0. The van der Waals surface area contributed by atoms with Crippen LogP contribution in [0.25, 0.3) is 0 Å². The Kier molecular flexibility index (Phi) is 1.44. The van der Waals surface area contributed by atoms with E-state index in [0.717, 1.165) is 0 Å². The summed E-state index contributed by atoms with van der Waals surface area (Å²) in [5.41, 5.74) is 0. The van der Waals surface area contributed by atoms with Crippen molar-refractivity contribution in [1.29, 1.82) is 0 Å². The van der Waals surface area contributed by atoms with Crippen molar-refractivity contribution in [3.63, 3.8) is 0 Å². The fourth-order valence-corrected chi connectivity index (χ4v) is 2.37. The summed E-state index contributed by atoms with van der Waals surface area (Å²) in [5.74, 6) is 0. The molecule has 1 aliphatic carbocycles. The van der Waals surface area contributed by atoms with Crippen molar-refractivity contribution < 1.29 is 0 Å². The minimum absolute atomic E-state index is 0.279. The molecule has 2 aliphatic rings. The highest BCUT2D eigenvalue weighted by atomic mass is 32.2. The van der Waals surface area contributed by atoms with Crippen LogP contribution >= 0.6 is 10.5 Å². The fourth-order valence-electron chi connectivity index (χ4n) is 0.976. The summed E-state index contributed by atoms with van der Waals surface area (Å²) < 4.78 is 0. The molecule has 0 aromatic rings. The van der Waals surface area contributed by atoms with E-state index in [1.54, 1.807) is 0 Å². The lowest BCUT2D eigenvalue weighted by molar-refractivity contribution is 2.15. The maximum absolute atomic E-state index is 2.23. The lowest BCUT2D eigenvalue weighted by Gasteiger charge is -1.93. The summed E-state index contributed by atoms with van der Waals surface area (Å²) in [6.45, 7) is 0. The summed E-state index contributed by atoms with van der Waals surface area (Å²) in [4.78, 5) is 1.42. The predicted molar refractivity (Wildman–Crippen MR) is 49.2 cm³/mol. The highest BCUT2D eigenvalue weighted by Crippen LogP contribution is 2.26. The molecule has 0 nitrogen and oxygen atoms in total. The van der Waals surface area contributed by atoms with E-state index in [9.17, 15) is 0 Å². The van der Waals surface area contributed by atoms with Crippen LogP contribution in [0.1, 0.15) is 0 Å². The molecule has 0 aromatic heterocycles. The van der Waals surface area contributed by atoms with Gasteiger partial charge in [-0.2, -0.15) is 0 Å². The van der Waals surface area contributed by atoms with Crippen LogP contribution in [-0.2, 0) is 0 Å². The number of hydrogen-bond donors (Lipinski definition) is 0. The van der Waals surface area contributed by atoms with Crippen LogP contribution in [0.4, 0.5) is 0 Å². The minimum atomic E-state index is 0.279. The fraction of sp³-hybridized carbons (Fsp3) is 0. The highest BCUT2D eigenvalue weighted by molar-refractivity contribution is 8.21. The first kappa shape index (κ1) is 5.93. The molecule has 2 rings (SSSR count).